The van der Waals surface area contributed by atoms with E-state index in [0.717, 1.165) is 19.2 Å². The molecule has 0 N–H and O–H groups in total. The lowest BCUT2D eigenvalue weighted by Crippen LogP contribution is -2.41. The highest BCUT2D eigenvalue weighted by atomic mass is 32.2. The molecule has 1 aromatic carbocycles. The Morgan fingerprint density at radius 1 is 1.19 bits per heavy atom. The second-order valence-corrected chi connectivity index (χ2v) is 7.10. The molecule has 0 aromatic heterocycles. The summed E-state index contributed by atoms with van der Waals surface area (Å²) in [6.07, 6.45) is -4.49. The van der Waals surface area contributed by atoms with E-state index in [0.29, 0.717) is 16.7 Å². The standard InChI is InChI=1S/C15H14F8N2OS/c1-8-3-9(16)10(4-11(8)27-7-15(21,22)23)24(2)12(26)25-5-13(17,18)14(19,20)6-25/h3-4H,5-7H2,1-2H3. The molecule has 0 saturated carbocycles. The number of carbonyl (C=O) groups is 1. The van der Waals surface area contributed by atoms with E-state index in [9.17, 15) is 39.9 Å². The summed E-state index contributed by atoms with van der Waals surface area (Å²) in [7, 11) is 0.961. The monoisotopic (exact) mass is 422 g/mol. The molecule has 2 rings (SSSR count). The summed E-state index contributed by atoms with van der Waals surface area (Å²) in [6, 6.07) is 0.512. The SMILES string of the molecule is Cc1cc(F)c(N(C)C(=O)N2CC(F)(F)C(F)(F)C2)cc1SCC(F)(F)F. The first kappa shape index (κ1) is 21.6. The lowest BCUT2D eigenvalue weighted by atomic mass is 10.2. The smallest absolute Gasteiger partial charge is 0.312 e. The molecule has 1 saturated heterocycles. The van der Waals surface area contributed by atoms with Crippen molar-refractivity contribution in [3.63, 3.8) is 0 Å². The van der Waals surface area contributed by atoms with Gasteiger partial charge in [-0.3, -0.25) is 4.90 Å². The van der Waals surface area contributed by atoms with Crippen LogP contribution in [0.1, 0.15) is 5.56 Å². The zero-order chi connectivity index (χ0) is 20.8. The average molecular weight is 422 g/mol. The van der Waals surface area contributed by atoms with Gasteiger partial charge in [-0.25, -0.2) is 9.18 Å². The predicted molar refractivity (Wildman–Crippen MR) is 83.2 cm³/mol. The Balaban J connectivity index is 2.25. The number of benzene rings is 1. The maximum atomic E-state index is 14.2. The lowest BCUT2D eigenvalue weighted by molar-refractivity contribution is -0.172. The molecule has 12 heteroatoms. The molecule has 0 unspecified atom stereocenters. The van der Waals surface area contributed by atoms with Gasteiger partial charge in [0, 0.05) is 11.9 Å². The minimum atomic E-state index is -4.49. The first-order valence-electron chi connectivity index (χ1n) is 7.42. The number of likely N-dealkylation sites (tertiary alicyclic amines) is 1. The Kier molecular flexibility index (Phi) is 5.61. The molecule has 0 atom stereocenters. The van der Waals surface area contributed by atoms with Crippen molar-refractivity contribution in [3.05, 3.63) is 23.5 Å². The Labute approximate surface area is 153 Å². The Hall–Kier alpha value is -1.72. The van der Waals surface area contributed by atoms with Gasteiger partial charge < -0.3 is 4.90 Å². The molecule has 0 spiro atoms. The quantitative estimate of drug-likeness (QED) is 0.510. The number of hydrogen-bond acceptors (Lipinski definition) is 2. The molecule has 27 heavy (non-hydrogen) atoms. The van der Waals surface area contributed by atoms with Crippen LogP contribution in [0.3, 0.4) is 0 Å². The molecule has 1 aromatic rings. The van der Waals surface area contributed by atoms with Crippen molar-refractivity contribution < 1.29 is 39.9 Å². The van der Waals surface area contributed by atoms with E-state index in [-0.39, 0.29) is 15.4 Å². The van der Waals surface area contributed by atoms with Crippen LogP contribution < -0.4 is 4.90 Å². The van der Waals surface area contributed by atoms with Crippen LogP contribution in [0, 0.1) is 12.7 Å². The third kappa shape index (κ3) is 4.58. The van der Waals surface area contributed by atoms with Crippen LogP contribution in [0.15, 0.2) is 17.0 Å². The maximum absolute atomic E-state index is 14.2. The van der Waals surface area contributed by atoms with Crippen LogP contribution in [0.5, 0.6) is 0 Å². The van der Waals surface area contributed by atoms with Gasteiger partial charge in [0.1, 0.15) is 5.82 Å². The largest absolute Gasteiger partial charge is 0.398 e. The molecule has 0 aliphatic carbocycles. The molecule has 152 valence electrons. The minimum Gasteiger partial charge on any atom is -0.312 e. The Morgan fingerprint density at radius 3 is 2.19 bits per heavy atom. The van der Waals surface area contributed by atoms with Crippen molar-refractivity contribution in [2.24, 2.45) is 0 Å². The van der Waals surface area contributed by atoms with Crippen molar-refractivity contribution in [1.82, 2.24) is 4.90 Å². The predicted octanol–water partition coefficient (Wildman–Crippen LogP) is 4.93. The summed E-state index contributed by atoms with van der Waals surface area (Å²) < 4.78 is 104. The van der Waals surface area contributed by atoms with Gasteiger partial charge in [-0.2, -0.15) is 30.7 Å². The van der Waals surface area contributed by atoms with Crippen LogP contribution in [0.2, 0.25) is 0 Å². The van der Waals surface area contributed by atoms with E-state index >= 15 is 0 Å². The summed E-state index contributed by atoms with van der Waals surface area (Å²) in [5, 5.41) is 0. The van der Waals surface area contributed by atoms with Gasteiger partial charge in [-0.05, 0) is 24.6 Å². The fraction of sp³-hybridized carbons (Fsp3) is 0.533. The zero-order valence-corrected chi connectivity index (χ0v) is 14.8. The molecular formula is C15H14F8N2OS. The van der Waals surface area contributed by atoms with E-state index in [1.807, 2.05) is 0 Å². The second-order valence-electron chi connectivity index (χ2n) is 6.08. The van der Waals surface area contributed by atoms with E-state index in [1.165, 1.54) is 6.92 Å². The third-order valence-corrected chi connectivity index (χ3v) is 5.09. The molecule has 1 aliphatic rings. The number of rotatable bonds is 3. The number of aryl methyl sites for hydroxylation is 1. The van der Waals surface area contributed by atoms with E-state index in [2.05, 4.69) is 0 Å². The van der Waals surface area contributed by atoms with Crippen LogP contribution in [-0.2, 0) is 0 Å². The average Bonchev–Trinajstić information content (AvgIpc) is 2.72. The number of thioether (sulfide) groups is 1. The highest BCUT2D eigenvalue weighted by molar-refractivity contribution is 7.99. The summed E-state index contributed by atoms with van der Waals surface area (Å²) >= 11 is 0.354. The number of amides is 2. The van der Waals surface area contributed by atoms with E-state index in [1.54, 1.807) is 0 Å². The summed E-state index contributed by atoms with van der Waals surface area (Å²) in [4.78, 5) is 12.9. The number of carbonyl (C=O) groups excluding carboxylic acids is 1. The molecule has 1 aliphatic heterocycles. The molecule has 1 heterocycles. The van der Waals surface area contributed by atoms with Crippen molar-refractivity contribution >= 4 is 23.5 Å². The van der Waals surface area contributed by atoms with Gasteiger partial charge in [-0.15, -0.1) is 11.8 Å². The van der Waals surface area contributed by atoms with Crippen LogP contribution in [0.4, 0.5) is 45.6 Å². The minimum absolute atomic E-state index is 0.0143. The zero-order valence-electron chi connectivity index (χ0n) is 14.0. The highest BCUT2D eigenvalue weighted by Crippen LogP contribution is 2.41. The van der Waals surface area contributed by atoms with Gasteiger partial charge in [0.05, 0.1) is 24.5 Å². The van der Waals surface area contributed by atoms with Crippen LogP contribution in [0.25, 0.3) is 0 Å². The van der Waals surface area contributed by atoms with Crippen molar-refractivity contribution in [2.45, 2.75) is 29.8 Å². The van der Waals surface area contributed by atoms with Crippen LogP contribution in [-0.4, -0.2) is 54.8 Å². The number of halogens is 8. The Bertz CT molecular complexity index is 721. The van der Waals surface area contributed by atoms with Gasteiger partial charge in [0.15, 0.2) is 0 Å². The van der Waals surface area contributed by atoms with E-state index < -0.39 is 54.4 Å². The number of anilines is 1. The fourth-order valence-corrected chi connectivity index (χ4v) is 3.23. The maximum Gasteiger partial charge on any atom is 0.398 e. The van der Waals surface area contributed by atoms with E-state index in [4.69, 9.17) is 0 Å². The molecule has 3 nitrogen and oxygen atoms in total. The highest BCUT2D eigenvalue weighted by Gasteiger charge is 2.64. The normalized spacial score (nSPS) is 18.7. The van der Waals surface area contributed by atoms with Crippen molar-refractivity contribution in [2.75, 3.05) is 30.8 Å². The molecule has 0 radical (unpaired) electrons. The summed E-state index contributed by atoms with van der Waals surface area (Å²) in [6.45, 7) is -1.74. The number of nitrogens with zero attached hydrogens (tertiary/aromatic N) is 2. The lowest BCUT2D eigenvalue weighted by Gasteiger charge is -2.25. The third-order valence-electron chi connectivity index (χ3n) is 3.87. The first-order valence-corrected chi connectivity index (χ1v) is 8.41. The van der Waals surface area contributed by atoms with Gasteiger partial charge in [0.25, 0.3) is 0 Å². The van der Waals surface area contributed by atoms with Crippen molar-refractivity contribution in [1.29, 1.82) is 0 Å². The van der Waals surface area contributed by atoms with Crippen molar-refractivity contribution in [3.8, 4) is 0 Å². The molecule has 2 amide bonds. The van der Waals surface area contributed by atoms with Crippen LogP contribution >= 0.6 is 11.8 Å². The number of alkyl halides is 7. The van der Waals surface area contributed by atoms with Gasteiger partial charge in [-0.1, -0.05) is 0 Å². The first-order chi connectivity index (χ1) is 12.1. The molecular weight excluding hydrogens is 408 g/mol. The van der Waals surface area contributed by atoms with Gasteiger partial charge in [0.2, 0.25) is 0 Å². The number of hydrogen-bond donors (Lipinski definition) is 0. The summed E-state index contributed by atoms with van der Waals surface area (Å²) in [5.74, 6) is -11.1. The second kappa shape index (κ2) is 7.02. The fourth-order valence-electron chi connectivity index (χ4n) is 2.43. The Morgan fingerprint density at radius 2 is 1.70 bits per heavy atom. The topological polar surface area (TPSA) is 23.6 Å². The molecule has 0 bridgehead atoms. The number of urea groups is 1. The summed E-state index contributed by atoms with van der Waals surface area (Å²) in [5.41, 5.74) is -0.334. The molecule has 1 fully saturated rings. The van der Waals surface area contributed by atoms with Gasteiger partial charge >= 0.3 is 24.1 Å².